The maximum absolute atomic E-state index is 13.0. The van der Waals surface area contributed by atoms with Crippen molar-refractivity contribution in [1.29, 1.82) is 0 Å². The summed E-state index contributed by atoms with van der Waals surface area (Å²) in [5.41, 5.74) is 2.58. The Morgan fingerprint density at radius 1 is 1.09 bits per heavy atom. The normalized spacial score (nSPS) is 10.9. The first-order valence-electron chi connectivity index (χ1n) is 11.0. The number of rotatable bonds is 8. The topological polar surface area (TPSA) is 105 Å². The van der Waals surface area contributed by atoms with Crippen LogP contribution < -0.4 is 14.5 Å². The first-order valence-corrected chi connectivity index (χ1v) is 12.5. The van der Waals surface area contributed by atoms with Crippen LogP contribution >= 0.6 is 11.6 Å². The van der Waals surface area contributed by atoms with E-state index in [9.17, 15) is 18.0 Å². The number of halogens is 1. The molecule has 0 atom stereocenters. The number of amides is 3. The monoisotopic (exact) mass is 517 g/mol. The highest BCUT2D eigenvalue weighted by Gasteiger charge is 2.23. The van der Waals surface area contributed by atoms with E-state index in [0.29, 0.717) is 33.9 Å². The van der Waals surface area contributed by atoms with Crippen molar-refractivity contribution in [2.75, 3.05) is 22.8 Å². The van der Waals surface area contributed by atoms with Gasteiger partial charge in [-0.1, -0.05) is 42.3 Å². The third-order valence-electron chi connectivity index (χ3n) is 5.42. The SMILES string of the molecule is CCCNC(=O)N(C)c1ccc(Cn2cc(C(=O)N(c3ccc(C)cc3)[SH](=O)=O)nc2C)c(Cl)c1. The number of anilines is 2. The van der Waals surface area contributed by atoms with Crippen LogP contribution in [-0.4, -0.2) is 43.5 Å². The van der Waals surface area contributed by atoms with Crippen LogP contribution in [0.2, 0.25) is 5.02 Å². The minimum Gasteiger partial charge on any atom is -0.338 e. The molecule has 3 aromatic rings. The Morgan fingerprint density at radius 2 is 1.74 bits per heavy atom. The molecule has 0 bridgehead atoms. The lowest BCUT2D eigenvalue weighted by atomic mass is 10.2. The molecule has 0 spiro atoms. The molecule has 0 saturated heterocycles. The number of benzene rings is 2. The van der Waals surface area contributed by atoms with Crippen molar-refractivity contribution in [2.24, 2.45) is 0 Å². The van der Waals surface area contributed by atoms with Crippen LogP contribution in [0.3, 0.4) is 0 Å². The summed E-state index contributed by atoms with van der Waals surface area (Å²) in [5, 5.41) is 3.26. The fraction of sp³-hybridized carbons (Fsp3) is 0.292. The molecule has 0 aliphatic heterocycles. The van der Waals surface area contributed by atoms with E-state index in [1.54, 1.807) is 61.0 Å². The molecule has 3 amide bonds. The number of thiol groups is 1. The third kappa shape index (κ3) is 6.20. The van der Waals surface area contributed by atoms with E-state index in [1.165, 1.54) is 11.1 Å². The zero-order valence-corrected chi connectivity index (χ0v) is 21.6. The molecule has 9 nitrogen and oxygen atoms in total. The molecule has 35 heavy (non-hydrogen) atoms. The first kappa shape index (κ1) is 26.2. The standard InChI is InChI=1S/C24H28ClN5O4S/c1-5-12-26-24(32)28(4)20-11-8-18(21(25)13-20)14-29-15-22(27-17(29)3)23(31)30(35(33)34)19-9-6-16(2)7-10-19/h6-11,13,15,35H,5,12,14H2,1-4H3,(H,26,32). The largest absolute Gasteiger partial charge is 0.338 e. The van der Waals surface area contributed by atoms with Crippen molar-refractivity contribution in [3.63, 3.8) is 0 Å². The number of nitrogens with one attached hydrogen (secondary N) is 1. The van der Waals surface area contributed by atoms with Crippen molar-refractivity contribution in [3.05, 3.63) is 76.3 Å². The highest BCUT2D eigenvalue weighted by molar-refractivity contribution is 7.75. The minimum atomic E-state index is -3.21. The molecule has 11 heteroatoms. The van der Waals surface area contributed by atoms with Gasteiger partial charge in [0.1, 0.15) is 11.5 Å². The maximum atomic E-state index is 13.0. The number of hydrogen-bond acceptors (Lipinski definition) is 5. The van der Waals surface area contributed by atoms with Gasteiger partial charge in [-0.25, -0.2) is 22.5 Å². The second-order valence-electron chi connectivity index (χ2n) is 8.06. The molecule has 0 aliphatic carbocycles. The Balaban J connectivity index is 1.81. The molecule has 1 aromatic heterocycles. The van der Waals surface area contributed by atoms with E-state index >= 15 is 0 Å². The molecular formula is C24H28ClN5O4S. The van der Waals surface area contributed by atoms with Gasteiger partial charge in [-0.15, -0.1) is 0 Å². The van der Waals surface area contributed by atoms with Crippen molar-refractivity contribution in [3.8, 4) is 0 Å². The van der Waals surface area contributed by atoms with Crippen LogP contribution in [0, 0.1) is 13.8 Å². The van der Waals surface area contributed by atoms with Gasteiger partial charge in [0, 0.05) is 30.5 Å². The number of aryl methyl sites for hydroxylation is 2. The average Bonchev–Trinajstić information content (AvgIpc) is 3.19. The molecule has 0 fully saturated rings. The van der Waals surface area contributed by atoms with E-state index in [-0.39, 0.29) is 17.4 Å². The van der Waals surface area contributed by atoms with Crippen LogP contribution in [-0.2, 0) is 17.4 Å². The third-order valence-corrected chi connectivity index (χ3v) is 6.52. The summed E-state index contributed by atoms with van der Waals surface area (Å²) < 4.78 is 26.2. The Hall–Kier alpha value is -3.37. The zero-order chi connectivity index (χ0) is 25.7. The second kappa shape index (κ2) is 11.4. The number of aromatic nitrogens is 2. The van der Waals surface area contributed by atoms with E-state index in [2.05, 4.69) is 10.3 Å². The van der Waals surface area contributed by atoms with Crippen molar-refractivity contribution >= 4 is 45.8 Å². The molecule has 0 unspecified atom stereocenters. The number of hydrogen-bond donors (Lipinski definition) is 2. The van der Waals surface area contributed by atoms with E-state index in [0.717, 1.165) is 17.5 Å². The van der Waals surface area contributed by atoms with Gasteiger partial charge >= 0.3 is 6.03 Å². The van der Waals surface area contributed by atoms with Gasteiger partial charge in [0.25, 0.3) is 5.91 Å². The molecule has 3 rings (SSSR count). The molecule has 2 aromatic carbocycles. The fourth-order valence-electron chi connectivity index (χ4n) is 3.38. The van der Waals surface area contributed by atoms with Crippen molar-refractivity contribution < 1.29 is 18.0 Å². The highest BCUT2D eigenvalue weighted by atomic mass is 35.5. The Kier molecular flexibility index (Phi) is 8.52. The van der Waals surface area contributed by atoms with Crippen LogP contribution in [0.4, 0.5) is 16.2 Å². The van der Waals surface area contributed by atoms with Crippen LogP contribution in [0.1, 0.15) is 40.8 Å². The molecule has 186 valence electrons. The maximum Gasteiger partial charge on any atom is 0.321 e. The predicted molar refractivity (Wildman–Crippen MR) is 138 cm³/mol. The minimum absolute atomic E-state index is 0.00217. The van der Waals surface area contributed by atoms with Gasteiger partial charge in [0.15, 0.2) is 0 Å². The summed E-state index contributed by atoms with van der Waals surface area (Å²) in [7, 11) is -1.55. The van der Waals surface area contributed by atoms with Gasteiger partial charge in [-0.05, 0) is 50.1 Å². The van der Waals surface area contributed by atoms with E-state index in [1.807, 2.05) is 13.8 Å². The quantitative estimate of drug-likeness (QED) is 0.440. The van der Waals surface area contributed by atoms with Crippen molar-refractivity contribution in [2.45, 2.75) is 33.7 Å². The van der Waals surface area contributed by atoms with Crippen molar-refractivity contribution in [1.82, 2.24) is 14.9 Å². The number of urea groups is 1. The number of nitrogens with zero attached hydrogens (tertiary/aromatic N) is 4. The molecule has 0 radical (unpaired) electrons. The average molecular weight is 518 g/mol. The summed E-state index contributed by atoms with van der Waals surface area (Å²) >= 11 is 6.49. The van der Waals surface area contributed by atoms with Gasteiger partial charge in [0.05, 0.1) is 12.2 Å². The first-order chi connectivity index (χ1) is 16.6. The second-order valence-corrected chi connectivity index (χ2v) is 9.34. The Labute approximate surface area is 211 Å². The molecular weight excluding hydrogens is 490 g/mol. The fourth-order valence-corrected chi connectivity index (χ4v) is 4.18. The summed E-state index contributed by atoms with van der Waals surface area (Å²) in [6.07, 6.45) is 2.34. The molecule has 1 heterocycles. The zero-order valence-electron chi connectivity index (χ0n) is 20.0. The predicted octanol–water partition coefficient (Wildman–Crippen LogP) is 3.93. The van der Waals surface area contributed by atoms with Crippen LogP contribution in [0.25, 0.3) is 0 Å². The lowest BCUT2D eigenvalue weighted by molar-refractivity contribution is 0.100. The lowest BCUT2D eigenvalue weighted by Crippen LogP contribution is -2.37. The van der Waals surface area contributed by atoms with E-state index in [4.69, 9.17) is 11.6 Å². The number of imidazole rings is 1. The smallest absolute Gasteiger partial charge is 0.321 e. The number of carbonyl (C=O) groups is 2. The van der Waals surface area contributed by atoms with Gasteiger partial charge in [-0.3, -0.25) is 9.69 Å². The van der Waals surface area contributed by atoms with Gasteiger partial charge in [0.2, 0.25) is 10.9 Å². The van der Waals surface area contributed by atoms with Gasteiger partial charge < -0.3 is 9.88 Å². The number of carbonyl (C=O) groups excluding carboxylic acids is 2. The summed E-state index contributed by atoms with van der Waals surface area (Å²) in [6.45, 7) is 6.46. The van der Waals surface area contributed by atoms with Crippen LogP contribution in [0.5, 0.6) is 0 Å². The molecule has 0 saturated carbocycles. The Bertz CT molecular complexity index is 1300. The molecule has 1 N–H and O–H groups in total. The summed E-state index contributed by atoms with van der Waals surface area (Å²) in [5.74, 6) is -0.220. The summed E-state index contributed by atoms with van der Waals surface area (Å²) in [4.78, 5) is 31.0. The molecule has 0 aliphatic rings. The van der Waals surface area contributed by atoms with Crippen LogP contribution in [0.15, 0.2) is 48.7 Å². The van der Waals surface area contributed by atoms with Gasteiger partial charge in [-0.2, -0.15) is 0 Å². The Morgan fingerprint density at radius 3 is 2.34 bits per heavy atom. The summed E-state index contributed by atoms with van der Waals surface area (Å²) in [6, 6.07) is 11.7. The van der Waals surface area contributed by atoms with E-state index < -0.39 is 16.8 Å². The lowest BCUT2D eigenvalue weighted by Gasteiger charge is -2.19. The highest BCUT2D eigenvalue weighted by Crippen LogP contribution is 2.25.